The molecule has 1 heterocycles. The van der Waals surface area contributed by atoms with E-state index in [0.29, 0.717) is 13.2 Å². The van der Waals surface area contributed by atoms with Gasteiger partial charge in [0.25, 0.3) is 5.91 Å². The maximum atomic E-state index is 13.2. The van der Waals surface area contributed by atoms with Crippen molar-refractivity contribution in [1.29, 1.82) is 0 Å². The van der Waals surface area contributed by atoms with Crippen LogP contribution in [0.15, 0.2) is 24.3 Å². The van der Waals surface area contributed by atoms with E-state index in [1.165, 1.54) is 0 Å². The van der Waals surface area contributed by atoms with Crippen molar-refractivity contribution in [2.24, 2.45) is 5.41 Å². The average molecular weight is 402 g/mol. The molecule has 2 saturated carbocycles. The van der Waals surface area contributed by atoms with Crippen molar-refractivity contribution in [2.45, 2.75) is 50.3 Å². The third-order valence-corrected chi connectivity index (χ3v) is 6.42. The summed E-state index contributed by atoms with van der Waals surface area (Å²) in [5, 5.41) is 3.09. The Bertz CT molecular complexity index is 742. The fourth-order valence-corrected chi connectivity index (χ4v) is 4.50. The highest BCUT2D eigenvalue weighted by Crippen LogP contribution is 2.42. The number of morpholine rings is 1. The monoisotopic (exact) mass is 402 g/mol. The number of methoxy groups -OCH3 is 2. The van der Waals surface area contributed by atoms with E-state index in [0.717, 1.165) is 43.4 Å². The summed E-state index contributed by atoms with van der Waals surface area (Å²) in [7, 11) is 3.32. The Labute approximate surface area is 171 Å². The van der Waals surface area contributed by atoms with Crippen molar-refractivity contribution in [3.05, 3.63) is 29.8 Å². The van der Waals surface area contributed by atoms with Gasteiger partial charge in [-0.1, -0.05) is 18.6 Å². The van der Waals surface area contributed by atoms with Crippen LogP contribution in [0.5, 0.6) is 5.75 Å². The number of nitrogens with zero attached hydrogens (tertiary/aromatic N) is 1. The highest BCUT2D eigenvalue weighted by molar-refractivity contribution is 5.86. The van der Waals surface area contributed by atoms with Gasteiger partial charge in [-0.15, -0.1) is 0 Å². The van der Waals surface area contributed by atoms with E-state index in [4.69, 9.17) is 14.2 Å². The normalized spacial score (nSPS) is 26.0. The predicted molar refractivity (Wildman–Crippen MR) is 107 cm³/mol. The second-order valence-electron chi connectivity index (χ2n) is 8.49. The van der Waals surface area contributed by atoms with Crippen molar-refractivity contribution in [2.75, 3.05) is 34.0 Å². The minimum atomic E-state index is -0.721. The molecule has 1 N–H and O–H groups in total. The van der Waals surface area contributed by atoms with Crippen molar-refractivity contribution in [3.63, 3.8) is 0 Å². The van der Waals surface area contributed by atoms with Crippen LogP contribution in [0.2, 0.25) is 0 Å². The van der Waals surface area contributed by atoms with Gasteiger partial charge in [0, 0.05) is 25.1 Å². The van der Waals surface area contributed by atoms with Crippen LogP contribution in [0, 0.1) is 5.41 Å². The fraction of sp³-hybridized carbons (Fsp3) is 0.636. The maximum absolute atomic E-state index is 13.2. The van der Waals surface area contributed by atoms with Gasteiger partial charge in [0.05, 0.1) is 19.8 Å². The summed E-state index contributed by atoms with van der Waals surface area (Å²) in [6.07, 6.45) is 4.51. The van der Waals surface area contributed by atoms with E-state index < -0.39 is 12.1 Å². The number of carbonyl (C=O) groups is 2. The Morgan fingerprint density at radius 1 is 1.24 bits per heavy atom. The van der Waals surface area contributed by atoms with Crippen molar-refractivity contribution in [1.82, 2.24) is 10.2 Å². The Morgan fingerprint density at radius 2 is 1.97 bits per heavy atom. The maximum Gasteiger partial charge on any atom is 0.251 e. The number of ether oxygens (including phenoxy) is 3. The standard InChI is InChI=1S/C22H30N2O5/c1-27-14-22(10-3-11-22)13-23-21(26)20-19(15-4-8-17(28-2)9-5-15)24(16-6-7-16)18(25)12-29-20/h4-5,8-9,16,19-20H,3,6-7,10-14H2,1-2H3,(H,23,26)/t19-,20+/m1/s1. The Morgan fingerprint density at radius 3 is 2.52 bits per heavy atom. The summed E-state index contributed by atoms with van der Waals surface area (Å²) in [6, 6.07) is 7.32. The fourth-order valence-electron chi connectivity index (χ4n) is 4.50. The zero-order valence-electron chi connectivity index (χ0n) is 17.2. The van der Waals surface area contributed by atoms with Gasteiger partial charge in [0.1, 0.15) is 12.4 Å². The van der Waals surface area contributed by atoms with Crippen LogP contribution in [0.25, 0.3) is 0 Å². The van der Waals surface area contributed by atoms with E-state index >= 15 is 0 Å². The molecule has 2 amide bonds. The second kappa shape index (κ2) is 8.32. The van der Waals surface area contributed by atoms with Gasteiger partial charge in [0.2, 0.25) is 5.91 Å². The number of rotatable bonds is 8. The number of benzene rings is 1. The molecule has 0 unspecified atom stereocenters. The van der Waals surface area contributed by atoms with Gasteiger partial charge in [-0.05, 0) is 43.4 Å². The van der Waals surface area contributed by atoms with Gasteiger partial charge in [0.15, 0.2) is 6.10 Å². The molecule has 2 aliphatic carbocycles. The molecular formula is C22H30N2O5. The summed E-state index contributed by atoms with van der Waals surface area (Å²) in [5.41, 5.74) is 0.918. The molecule has 0 radical (unpaired) electrons. The van der Waals surface area contributed by atoms with E-state index in [9.17, 15) is 9.59 Å². The molecule has 1 aromatic carbocycles. The SMILES string of the molecule is COCC1(CNC(=O)[C@H]2OCC(=O)N(C3CC3)[C@@H]2c2ccc(OC)cc2)CCC1. The quantitative estimate of drug-likeness (QED) is 0.720. The molecule has 3 fully saturated rings. The number of hydrogen-bond acceptors (Lipinski definition) is 5. The number of amides is 2. The molecule has 1 aliphatic heterocycles. The third-order valence-electron chi connectivity index (χ3n) is 6.42. The Kier molecular flexibility index (Phi) is 5.79. The molecule has 29 heavy (non-hydrogen) atoms. The molecule has 0 aromatic heterocycles. The first-order valence-electron chi connectivity index (χ1n) is 10.4. The van der Waals surface area contributed by atoms with Gasteiger partial charge >= 0.3 is 0 Å². The van der Waals surface area contributed by atoms with Gasteiger partial charge in [-0.25, -0.2) is 0 Å². The Balaban J connectivity index is 1.54. The van der Waals surface area contributed by atoms with Gasteiger partial charge < -0.3 is 24.4 Å². The van der Waals surface area contributed by atoms with Crippen LogP contribution in [0.4, 0.5) is 0 Å². The molecule has 7 heteroatoms. The lowest BCUT2D eigenvalue weighted by Crippen LogP contribution is -2.56. The second-order valence-corrected chi connectivity index (χ2v) is 8.49. The van der Waals surface area contributed by atoms with Crippen molar-refractivity contribution < 1.29 is 23.8 Å². The number of carbonyl (C=O) groups excluding carboxylic acids is 2. The average Bonchev–Trinajstić information content (AvgIpc) is 3.54. The molecular weight excluding hydrogens is 372 g/mol. The van der Waals surface area contributed by atoms with Crippen LogP contribution < -0.4 is 10.1 Å². The molecule has 7 nitrogen and oxygen atoms in total. The molecule has 158 valence electrons. The topological polar surface area (TPSA) is 77.1 Å². The van der Waals surface area contributed by atoms with Crippen LogP contribution in [0.3, 0.4) is 0 Å². The van der Waals surface area contributed by atoms with Crippen LogP contribution in [-0.2, 0) is 19.1 Å². The first-order valence-corrected chi connectivity index (χ1v) is 10.4. The summed E-state index contributed by atoms with van der Waals surface area (Å²) in [6.45, 7) is 1.17. The molecule has 0 bridgehead atoms. The number of hydrogen-bond donors (Lipinski definition) is 1. The van der Waals surface area contributed by atoms with Crippen molar-refractivity contribution >= 4 is 11.8 Å². The van der Waals surface area contributed by atoms with E-state index in [2.05, 4.69) is 5.32 Å². The largest absolute Gasteiger partial charge is 0.497 e. The molecule has 1 aromatic rings. The molecule has 4 rings (SSSR count). The lowest BCUT2D eigenvalue weighted by atomic mass is 9.69. The van der Waals surface area contributed by atoms with E-state index in [-0.39, 0.29) is 29.9 Å². The van der Waals surface area contributed by atoms with Crippen molar-refractivity contribution in [3.8, 4) is 5.75 Å². The highest BCUT2D eigenvalue weighted by Gasteiger charge is 2.48. The van der Waals surface area contributed by atoms with E-state index in [1.54, 1.807) is 14.2 Å². The van der Waals surface area contributed by atoms with Gasteiger partial charge in [-0.2, -0.15) is 0 Å². The van der Waals surface area contributed by atoms with Crippen LogP contribution >= 0.6 is 0 Å². The number of nitrogens with one attached hydrogen (secondary N) is 1. The molecule has 1 saturated heterocycles. The minimum Gasteiger partial charge on any atom is -0.497 e. The lowest BCUT2D eigenvalue weighted by Gasteiger charge is -2.43. The minimum absolute atomic E-state index is 0.0285. The zero-order chi connectivity index (χ0) is 20.4. The summed E-state index contributed by atoms with van der Waals surface area (Å²) < 4.78 is 16.4. The summed E-state index contributed by atoms with van der Waals surface area (Å²) in [4.78, 5) is 27.7. The summed E-state index contributed by atoms with van der Waals surface area (Å²) in [5.74, 6) is 0.529. The highest BCUT2D eigenvalue weighted by atomic mass is 16.5. The smallest absolute Gasteiger partial charge is 0.251 e. The first kappa shape index (κ1) is 20.2. The van der Waals surface area contributed by atoms with Gasteiger partial charge in [-0.3, -0.25) is 9.59 Å². The molecule has 0 spiro atoms. The molecule has 2 atom stereocenters. The van der Waals surface area contributed by atoms with Crippen LogP contribution in [-0.4, -0.2) is 62.8 Å². The molecule has 3 aliphatic rings. The zero-order valence-corrected chi connectivity index (χ0v) is 17.2. The predicted octanol–water partition coefficient (Wildman–Crippen LogP) is 2.06. The van der Waals surface area contributed by atoms with E-state index in [1.807, 2.05) is 29.2 Å². The summed E-state index contributed by atoms with van der Waals surface area (Å²) >= 11 is 0. The third kappa shape index (κ3) is 4.12. The lowest BCUT2D eigenvalue weighted by molar-refractivity contribution is -0.165. The first-order chi connectivity index (χ1) is 14.1. The Hall–Kier alpha value is -2.12. The van der Waals surface area contributed by atoms with Crippen LogP contribution in [0.1, 0.15) is 43.7 Å².